The third-order valence-corrected chi connectivity index (χ3v) is 3.34. The average molecular weight is 299 g/mol. The van der Waals surface area contributed by atoms with Gasteiger partial charge in [-0.2, -0.15) is 0 Å². The van der Waals surface area contributed by atoms with Crippen LogP contribution in [-0.2, 0) is 16.0 Å². The number of rotatable bonds is 6. The number of nitrogens with two attached hydrogens (primary N) is 1. The fourth-order valence-electron chi connectivity index (χ4n) is 2.28. The standard InChI is InChI=1S/C17H21N3O2/c1-11(2)9-16(21)20-15(17(18)22)10-13-8-7-12-5-3-4-6-14(12)19-13/h3-8,11,15H,9-10H2,1-2H3,(H2,18,22)(H,20,21)/t15-/m1/s1. The molecular formula is C17H21N3O2. The third-order valence-electron chi connectivity index (χ3n) is 3.34. The number of hydrogen-bond donors (Lipinski definition) is 2. The highest BCUT2D eigenvalue weighted by Gasteiger charge is 2.19. The van der Waals surface area contributed by atoms with E-state index in [0.29, 0.717) is 12.8 Å². The first-order chi connectivity index (χ1) is 10.5. The van der Waals surface area contributed by atoms with Crippen LogP contribution >= 0.6 is 0 Å². The first-order valence-electron chi connectivity index (χ1n) is 7.39. The molecule has 0 spiro atoms. The van der Waals surface area contributed by atoms with Crippen LogP contribution in [0.5, 0.6) is 0 Å². The molecule has 0 unspecified atom stereocenters. The van der Waals surface area contributed by atoms with Gasteiger partial charge in [-0.05, 0) is 18.1 Å². The number of aromatic nitrogens is 1. The predicted molar refractivity (Wildman–Crippen MR) is 86.0 cm³/mol. The van der Waals surface area contributed by atoms with E-state index in [1.807, 2.05) is 50.2 Å². The molecule has 1 aromatic carbocycles. The Labute approximate surface area is 129 Å². The first kappa shape index (κ1) is 15.9. The summed E-state index contributed by atoms with van der Waals surface area (Å²) in [6.07, 6.45) is 0.666. The number of carbonyl (C=O) groups excluding carboxylic acids is 2. The number of benzene rings is 1. The quantitative estimate of drug-likeness (QED) is 0.852. The molecular weight excluding hydrogens is 278 g/mol. The maximum absolute atomic E-state index is 11.8. The maximum atomic E-state index is 11.8. The zero-order chi connectivity index (χ0) is 16.1. The van der Waals surface area contributed by atoms with Gasteiger partial charge in [0, 0.05) is 23.9 Å². The summed E-state index contributed by atoms with van der Waals surface area (Å²) in [5, 5.41) is 3.72. The molecule has 0 fully saturated rings. The Balaban J connectivity index is 2.12. The molecule has 0 bridgehead atoms. The van der Waals surface area contributed by atoms with Gasteiger partial charge < -0.3 is 11.1 Å². The van der Waals surface area contributed by atoms with E-state index in [4.69, 9.17) is 5.73 Å². The highest BCUT2D eigenvalue weighted by Crippen LogP contribution is 2.13. The summed E-state index contributed by atoms with van der Waals surface area (Å²) >= 11 is 0. The van der Waals surface area contributed by atoms with Gasteiger partial charge in [0.15, 0.2) is 0 Å². The van der Waals surface area contributed by atoms with Crippen LogP contribution in [0.4, 0.5) is 0 Å². The van der Waals surface area contributed by atoms with Crippen LogP contribution in [-0.4, -0.2) is 22.8 Å². The molecule has 2 aromatic rings. The lowest BCUT2D eigenvalue weighted by molar-refractivity contribution is -0.127. The number of nitrogens with zero attached hydrogens (tertiary/aromatic N) is 1. The molecule has 5 nitrogen and oxygen atoms in total. The van der Waals surface area contributed by atoms with E-state index >= 15 is 0 Å². The monoisotopic (exact) mass is 299 g/mol. The molecule has 1 heterocycles. The number of para-hydroxylation sites is 1. The Kier molecular flexibility index (Phi) is 5.09. The number of nitrogens with one attached hydrogen (secondary N) is 1. The van der Waals surface area contributed by atoms with Crippen molar-refractivity contribution in [2.24, 2.45) is 11.7 Å². The van der Waals surface area contributed by atoms with E-state index < -0.39 is 11.9 Å². The zero-order valence-electron chi connectivity index (χ0n) is 12.9. The highest BCUT2D eigenvalue weighted by atomic mass is 16.2. The van der Waals surface area contributed by atoms with Crippen LogP contribution in [0.2, 0.25) is 0 Å². The Hall–Kier alpha value is -2.43. The molecule has 0 radical (unpaired) electrons. The molecule has 3 N–H and O–H groups in total. The highest BCUT2D eigenvalue weighted by molar-refractivity contribution is 5.87. The molecule has 0 aliphatic heterocycles. The van der Waals surface area contributed by atoms with Gasteiger partial charge in [0.05, 0.1) is 5.52 Å². The summed E-state index contributed by atoms with van der Waals surface area (Å²) < 4.78 is 0. The molecule has 0 aliphatic carbocycles. The van der Waals surface area contributed by atoms with E-state index in [1.54, 1.807) is 0 Å². The fraction of sp³-hybridized carbons (Fsp3) is 0.353. The number of fused-ring (bicyclic) bond motifs is 1. The molecule has 1 atom stereocenters. The summed E-state index contributed by atoms with van der Waals surface area (Å²) in [4.78, 5) is 27.9. The van der Waals surface area contributed by atoms with Crippen LogP contribution in [0.1, 0.15) is 26.0 Å². The van der Waals surface area contributed by atoms with Crippen molar-refractivity contribution in [1.29, 1.82) is 0 Å². The van der Waals surface area contributed by atoms with Gasteiger partial charge >= 0.3 is 0 Å². The second kappa shape index (κ2) is 7.02. The SMILES string of the molecule is CC(C)CC(=O)N[C@H](Cc1ccc2ccccc2n1)C(N)=O. The smallest absolute Gasteiger partial charge is 0.240 e. The van der Waals surface area contributed by atoms with Crippen molar-refractivity contribution in [2.45, 2.75) is 32.7 Å². The summed E-state index contributed by atoms with van der Waals surface area (Å²) in [7, 11) is 0. The fourth-order valence-corrected chi connectivity index (χ4v) is 2.28. The predicted octanol–water partition coefficient (Wildman–Crippen LogP) is 1.79. The first-order valence-corrected chi connectivity index (χ1v) is 7.39. The van der Waals surface area contributed by atoms with Crippen molar-refractivity contribution in [1.82, 2.24) is 10.3 Å². The van der Waals surface area contributed by atoms with Crippen LogP contribution < -0.4 is 11.1 Å². The van der Waals surface area contributed by atoms with Crippen LogP contribution in [0, 0.1) is 5.92 Å². The molecule has 0 saturated heterocycles. The van der Waals surface area contributed by atoms with E-state index in [0.717, 1.165) is 16.6 Å². The van der Waals surface area contributed by atoms with Gasteiger partial charge in [-0.1, -0.05) is 38.1 Å². The number of amides is 2. The van der Waals surface area contributed by atoms with E-state index in [1.165, 1.54) is 0 Å². The minimum absolute atomic E-state index is 0.167. The Morgan fingerprint density at radius 2 is 1.91 bits per heavy atom. The lowest BCUT2D eigenvalue weighted by Crippen LogP contribution is -2.46. The van der Waals surface area contributed by atoms with Crippen LogP contribution in [0.25, 0.3) is 10.9 Å². The summed E-state index contributed by atoms with van der Waals surface area (Å²) in [5.74, 6) is -0.487. The van der Waals surface area contributed by atoms with Crippen LogP contribution in [0.3, 0.4) is 0 Å². The minimum Gasteiger partial charge on any atom is -0.368 e. The Morgan fingerprint density at radius 1 is 1.18 bits per heavy atom. The molecule has 1 aromatic heterocycles. The summed E-state index contributed by atoms with van der Waals surface area (Å²) in [6.45, 7) is 3.90. The lowest BCUT2D eigenvalue weighted by Gasteiger charge is -2.16. The van der Waals surface area contributed by atoms with Crippen molar-refractivity contribution >= 4 is 22.7 Å². The van der Waals surface area contributed by atoms with Crippen LogP contribution in [0.15, 0.2) is 36.4 Å². The molecule has 0 aliphatic rings. The Bertz CT molecular complexity index is 682. The van der Waals surface area contributed by atoms with Gasteiger partial charge in [0.25, 0.3) is 0 Å². The molecule has 2 amide bonds. The Morgan fingerprint density at radius 3 is 2.59 bits per heavy atom. The summed E-state index contributed by atoms with van der Waals surface area (Å²) in [5.41, 5.74) is 6.98. The van der Waals surface area contributed by atoms with E-state index in [9.17, 15) is 9.59 Å². The number of carbonyl (C=O) groups is 2. The number of primary amides is 1. The topological polar surface area (TPSA) is 85.1 Å². The van der Waals surface area contributed by atoms with Gasteiger partial charge in [-0.15, -0.1) is 0 Å². The molecule has 22 heavy (non-hydrogen) atoms. The number of pyridine rings is 1. The van der Waals surface area contributed by atoms with E-state index in [-0.39, 0.29) is 11.8 Å². The van der Waals surface area contributed by atoms with Crippen molar-refractivity contribution in [3.8, 4) is 0 Å². The van der Waals surface area contributed by atoms with Gasteiger partial charge in [-0.25, -0.2) is 0 Å². The summed E-state index contributed by atoms with van der Waals surface area (Å²) in [6, 6.07) is 10.8. The average Bonchev–Trinajstić information content (AvgIpc) is 2.45. The van der Waals surface area contributed by atoms with Gasteiger partial charge in [0.1, 0.15) is 6.04 Å². The van der Waals surface area contributed by atoms with Crippen molar-refractivity contribution in [3.63, 3.8) is 0 Å². The molecule has 116 valence electrons. The van der Waals surface area contributed by atoms with Crippen molar-refractivity contribution in [3.05, 3.63) is 42.1 Å². The van der Waals surface area contributed by atoms with Gasteiger partial charge in [-0.3, -0.25) is 14.6 Å². The minimum atomic E-state index is -0.736. The maximum Gasteiger partial charge on any atom is 0.240 e. The zero-order valence-corrected chi connectivity index (χ0v) is 12.9. The number of hydrogen-bond acceptors (Lipinski definition) is 3. The molecule has 5 heteroatoms. The van der Waals surface area contributed by atoms with Crippen molar-refractivity contribution < 1.29 is 9.59 Å². The third kappa shape index (κ3) is 4.28. The molecule has 0 saturated carbocycles. The second-order valence-corrected chi connectivity index (χ2v) is 5.82. The molecule has 2 rings (SSSR count). The second-order valence-electron chi connectivity index (χ2n) is 5.82. The van der Waals surface area contributed by atoms with Gasteiger partial charge in [0.2, 0.25) is 11.8 Å². The van der Waals surface area contributed by atoms with Crippen molar-refractivity contribution in [2.75, 3.05) is 0 Å². The lowest BCUT2D eigenvalue weighted by atomic mass is 10.1. The normalized spacial score (nSPS) is 12.3. The largest absolute Gasteiger partial charge is 0.368 e. The van der Waals surface area contributed by atoms with E-state index in [2.05, 4.69) is 10.3 Å².